The summed E-state index contributed by atoms with van der Waals surface area (Å²) in [6.07, 6.45) is 1.56. The van der Waals surface area contributed by atoms with Crippen LogP contribution in [0.2, 0.25) is 10.0 Å². The molecule has 0 saturated heterocycles. The van der Waals surface area contributed by atoms with E-state index >= 15 is 0 Å². The van der Waals surface area contributed by atoms with E-state index in [1.807, 2.05) is 30.3 Å². The molecule has 1 aromatic heterocycles. The lowest BCUT2D eigenvalue weighted by Gasteiger charge is -2.11. The average Bonchev–Trinajstić information content (AvgIpc) is 2.53. The number of pyridine rings is 1. The molecule has 4 heteroatoms. The molecule has 0 saturated carbocycles. The Kier molecular flexibility index (Phi) is 4.23. The minimum Gasteiger partial charge on any atom is -0.506 e. The molecule has 0 aliphatic rings. The number of benzene rings is 2. The van der Waals surface area contributed by atoms with Gasteiger partial charge in [-0.3, -0.25) is 0 Å². The van der Waals surface area contributed by atoms with Crippen molar-refractivity contribution < 1.29 is 5.11 Å². The summed E-state index contributed by atoms with van der Waals surface area (Å²) >= 11 is 12.1. The van der Waals surface area contributed by atoms with Gasteiger partial charge in [0.25, 0.3) is 0 Å². The van der Waals surface area contributed by atoms with Crippen LogP contribution in [0.25, 0.3) is 10.9 Å². The van der Waals surface area contributed by atoms with Crippen LogP contribution >= 0.6 is 23.2 Å². The van der Waals surface area contributed by atoms with E-state index in [4.69, 9.17) is 23.2 Å². The van der Waals surface area contributed by atoms with E-state index in [1.165, 1.54) is 0 Å². The van der Waals surface area contributed by atoms with E-state index in [0.29, 0.717) is 17.0 Å². The number of nitrogens with zero attached hydrogens (tertiary/aromatic N) is 1. The lowest BCUT2D eigenvalue weighted by atomic mass is 10.0. The molecule has 1 N–H and O–H groups in total. The lowest BCUT2D eigenvalue weighted by Crippen LogP contribution is -2.00. The standard InChI is InChI=1S/C18H15Cl2NO/c1-2-12-10-14-15(20)7-8-17(22)18(14)21-16(12)9-11-3-5-13(19)6-4-11/h3-8,10,22H,2,9H2,1H3. The molecule has 0 amide bonds. The highest BCUT2D eigenvalue weighted by atomic mass is 35.5. The van der Waals surface area contributed by atoms with Crippen LogP contribution in [0, 0.1) is 0 Å². The number of phenols is 1. The molecular weight excluding hydrogens is 317 g/mol. The van der Waals surface area contributed by atoms with E-state index in [0.717, 1.165) is 33.7 Å². The van der Waals surface area contributed by atoms with E-state index in [-0.39, 0.29) is 5.75 Å². The third-order valence-corrected chi connectivity index (χ3v) is 4.33. The second-order valence-electron chi connectivity index (χ2n) is 5.21. The van der Waals surface area contributed by atoms with Gasteiger partial charge in [0.05, 0.1) is 5.02 Å². The Morgan fingerprint density at radius 1 is 1.05 bits per heavy atom. The predicted molar refractivity (Wildman–Crippen MR) is 92.1 cm³/mol. The van der Waals surface area contributed by atoms with Gasteiger partial charge in [0.2, 0.25) is 0 Å². The minimum absolute atomic E-state index is 0.152. The molecule has 1 heterocycles. The number of rotatable bonds is 3. The van der Waals surface area contributed by atoms with Gasteiger partial charge in [-0.05, 0) is 47.9 Å². The first-order valence-corrected chi connectivity index (χ1v) is 7.88. The Balaban J connectivity index is 2.11. The largest absolute Gasteiger partial charge is 0.506 e. The van der Waals surface area contributed by atoms with E-state index in [9.17, 15) is 5.11 Å². The number of hydrogen-bond acceptors (Lipinski definition) is 2. The SMILES string of the molecule is CCc1cc2c(Cl)ccc(O)c2nc1Cc1ccc(Cl)cc1. The van der Waals surface area contributed by atoms with Gasteiger partial charge < -0.3 is 5.11 Å². The van der Waals surface area contributed by atoms with Crippen LogP contribution in [0.3, 0.4) is 0 Å². The van der Waals surface area contributed by atoms with Crippen LogP contribution in [0.1, 0.15) is 23.7 Å². The summed E-state index contributed by atoms with van der Waals surface area (Å²) in [5, 5.41) is 12.2. The van der Waals surface area contributed by atoms with Crippen LogP contribution in [-0.2, 0) is 12.8 Å². The smallest absolute Gasteiger partial charge is 0.141 e. The Morgan fingerprint density at radius 2 is 1.77 bits per heavy atom. The monoisotopic (exact) mass is 331 g/mol. The zero-order valence-electron chi connectivity index (χ0n) is 12.1. The van der Waals surface area contributed by atoms with Crippen molar-refractivity contribution in [2.24, 2.45) is 0 Å². The van der Waals surface area contributed by atoms with Crippen molar-refractivity contribution in [1.29, 1.82) is 0 Å². The first kappa shape index (κ1) is 15.1. The molecule has 2 nitrogen and oxygen atoms in total. The summed E-state index contributed by atoms with van der Waals surface area (Å²) in [6.45, 7) is 2.09. The number of hydrogen-bond donors (Lipinski definition) is 1. The van der Waals surface area contributed by atoms with E-state index in [2.05, 4.69) is 11.9 Å². The molecule has 3 rings (SSSR count). The number of aryl methyl sites for hydroxylation is 1. The van der Waals surface area contributed by atoms with Crippen molar-refractivity contribution in [1.82, 2.24) is 4.98 Å². The van der Waals surface area contributed by atoms with Crippen LogP contribution in [-0.4, -0.2) is 10.1 Å². The fraction of sp³-hybridized carbons (Fsp3) is 0.167. The summed E-state index contributed by atoms with van der Waals surface area (Å²) < 4.78 is 0. The highest BCUT2D eigenvalue weighted by Crippen LogP contribution is 2.31. The summed E-state index contributed by atoms with van der Waals surface area (Å²) in [4.78, 5) is 4.66. The van der Waals surface area contributed by atoms with Gasteiger partial charge >= 0.3 is 0 Å². The summed E-state index contributed by atoms with van der Waals surface area (Å²) in [5.74, 6) is 0.152. The van der Waals surface area contributed by atoms with Gasteiger partial charge in [0, 0.05) is 22.5 Å². The molecule has 0 aliphatic heterocycles. The fourth-order valence-electron chi connectivity index (χ4n) is 2.55. The molecule has 0 fully saturated rings. The zero-order chi connectivity index (χ0) is 15.7. The molecule has 0 bridgehead atoms. The van der Waals surface area contributed by atoms with E-state index in [1.54, 1.807) is 12.1 Å². The maximum absolute atomic E-state index is 10.0. The predicted octanol–water partition coefficient (Wildman–Crippen LogP) is 5.40. The maximum atomic E-state index is 10.0. The highest BCUT2D eigenvalue weighted by Gasteiger charge is 2.11. The van der Waals surface area contributed by atoms with Gasteiger partial charge in [-0.1, -0.05) is 42.3 Å². The minimum atomic E-state index is 0.152. The van der Waals surface area contributed by atoms with Gasteiger partial charge in [0.15, 0.2) is 0 Å². The van der Waals surface area contributed by atoms with Crippen LogP contribution < -0.4 is 0 Å². The van der Waals surface area contributed by atoms with E-state index < -0.39 is 0 Å². The Morgan fingerprint density at radius 3 is 2.45 bits per heavy atom. The lowest BCUT2D eigenvalue weighted by molar-refractivity contribution is 0.480. The summed E-state index contributed by atoms with van der Waals surface area (Å²) in [7, 11) is 0. The Labute approximate surface area is 139 Å². The van der Waals surface area contributed by atoms with Crippen molar-refractivity contribution >= 4 is 34.1 Å². The van der Waals surface area contributed by atoms with Crippen molar-refractivity contribution in [3.63, 3.8) is 0 Å². The van der Waals surface area contributed by atoms with Gasteiger partial charge in [0.1, 0.15) is 11.3 Å². The molecule has 2 aromatic carbocycles. The normalized spacial score (nSPS) is 11.0. The fourth-order valence-corrected chi connectivity index (χ4v) is 2.88. The average molecular weight is 332 g/mol. The van der Waals surface area contributed by atoms with Gasteiger partial charge in [-0.25, -0.2) is 4.98 Å². The van der Waals surface area contributed by atoms with Crippen LogP contribution in [0.5, 0.6) is 5.75 Å². The number of phenolic OH excluding ortho intramolecular Hbond substituents is 1. The Bertz CT molecular complexity index is 829. The van der Waals surface area contributed by atoms with Gasteiger partial charge in [-0.2, -0.15) is 0 Å². The van der Waals surface area contributed by atoms with Gasteiger partial charge in [-0.15, -0.1) is 0 Å². The molecule has 112 valence electrons. The Hall–Kier alpha value is -1.77. The molecule has 0 spiro atoms. The van der Waals surface area contributed by atoms with Crippen molar-refractivity contribution in [2.75, 3.05) is 0 Å². The molecule has 0 aliphatic carbocycles. The molecular formula is C18H15Cl2NO. The van der Waals surface area contributed by atoms with Crippen LogP contribution in [0.4, 0.5) is 0 Å². The zero-order valence-corrected chi connectivity index (χ0v) is 13.6. The maximum Gasteiger partial charge on any atom is 0.141 e. The first-order valence-electron chi connectivity index (χ1n) is 7.13. The van der Waals surface area contributed by atoms with Crippen molar-refractivity contribution in [3.8, 4) is 5.75 Å². The number of halogens is 2. The first-order chi connectivity index (χ1) is 10.6. The molecule has 0 radical (unpaired) electrons. The van der Waals surface area contributed by atoms with Crippen LogP contribution in [0.15, 0.2) is 42.5 Å². The number of aromatic nitrogens is 1. The second-order valence-corrected chi connectivity index (χ2v) is 6.06. The molecule has 22 heavy (non-hydrogen) atoms. The topological polar surface area (TPSA) is 33.1 Å². The summed E-state index contributed by atoms with van der Waals surface area (Å²) in [6, 6.07) is 13.0. The van der Waals surface area contributed by atoms with Crippen molar-refractivity contribution in [2.45, 2.75) is 19.8 Å². The highest BCUT2D eigenvalue weighted by molar-refractivity contribution is 6.35. The second kappa shape index (κ2) is 6.15. The molecule has 3 aromatic rings. The number of fused-ring (bicyclic) bond motifs is 1. The van der Waals surface area contributed by atoms with Crippen molar-refractivity contribution in [3.05, 3.63) is 69.3 Å². The molecule has 0 unspecified atom stereocenters. The number of aromatic hydroxyl groups is 1. The quantitative estimate of drug-likeness (QED) is 0.696. The molecule has 0 atom stereocenters. The third kappa shape index (κ3) is 2.90. The summed E-state index contributed by atoms with van der Waals surface area (Å²) in [5.41, 5.74) is 3.77. The third-order valence-electron chi connectivity index (χ3n) is 3.74.